The Morgan fingerprint density at radius 2 is 1.72 bits per heavy atom. The van der Waals surface area contributed by atoms with Crippen molar-refractivity contribution in [2.24, 2.45) is 0 Å². The number of aromatic nitrogens is 2. The van der Waals surface area contributed by atoms with Crippen LogP contribution in [-0.4, -0.2) is 57.6 Å². The first kappa shape index (κ1) is 19.7. The second kappa shape index (κ2) is 8.41. The van der Waals surface area contributed by atoms with Crippen LogP contribution < -0.4 is 10.3 Å². The van der Waals surface area contributed by atoms with E-state index in [2.05, 4.69) is 26.9 Å². The van der Waals surface area contributed by atoms with Gasteiger partial charge in [0.2, 0.25) is 0 Å². The minimum Gasteiger partial charge on any atom is -0.504 e. The Morgan fingerprint density at radius 1 is 1.07 bits per heavy atom. The average molecular weight is 415 g/mol. The van der Waals surface area contributed by atoms with Crippen molar-refractivity contribution in [3.63, 3.8) is 0 Å². The first-order valence-corrected chi connectivity index (χ1v) is 9.88. The molecule has 0 unspecified atom stereocenters. The van der Waals surface area contributed by atoms with Gasteiger partial charge in [-0.2, -0.15) is 0 Å². The third-order valence-electron chi connectivity index (χ3n) is 5.18. The Labute approximate surface area is 173 Å². The predicted molar refractivity (Wildman–Crippen MR) is 112 cm³/mol. The number of hydrogen-bond acceptors (Lipinski definition) is 6. The summed E-state index contributed by atoms with van der Waals surface area (Å²) in [5.41, 5.74) is 1.89. The van der Waals surface area contributed by atoms with E-state index in [4.69, 9.17) is 16.3 Å². The zero-order chi connectivity index (χ0) is 20.4. The van der Waals surface area contributed by atoms with E-state index < -0.39 is 0 Å². The molecule has 0 radical (unpaired) electrons. The molecule has 1 aliphatic rings. The Hall–Kier alpha value is -2.61. The van der Waals surface area contributed by atoms with Crippen LogP contribution >= 0.6 is 11.6 Å². The zero-order valence-corrected chi connectivity index (χ0v) is 17.0. The summed E-state index contributed by atoms with van der Waals surface area (Å²) in [7, 11) is 1.67. The fourth-order valence-electron chi connectivity index (χ4n) is 3.60. The number of rotatable bonds is 5. The summed E-state index contributed by atoms with van der Waals surface area (Å²) >= 11 is 5.91. The van der Waals surface area contributed by atoms with Crippen molar-refractivity contribution in [1.29, 1.82) is 0 Å². The van der Waals surface area contributed by atoms with Gasteiger partial charge in [0.15, 0.2) is 11.4 Å². The number of halogens is 1. The van der Waals surface area contributed by atoms with Crippen molar-refractivity contribution in [1.82, 2.24) is 19.2 Å². The van der Waals surface area contributed by atoms with Gasteiger partial charge in [-0.1, -0.05) is 23.7 Å². The van der Waals surface area contributed by atoms with Gasteiger partial charge in [-0.15, -0.1) is 0 Å². The van der Waals surface area contributed by atoms with E-state index in [1.165, 1.54) is 28.3 Å². The van der Waals surface area contributed by atoms with Crippen molar-refractivity contribution in [3.8, 4) is 11.5 Å². The number of methoxy groups -OCH3 is 1. The Balaban J connectivity index is 1.38. The van der Waals surface area contributed by atoms with Crippen LogP contribution in [0.3, 0.4) is 0 Å². The number of hydrogen-bond donors (Lipinski definition) is 1. The van der Waals surface area contributed by atoms with Gasteiger partial charge in [0.1, 0.15) is 5.75 Å². The monoisotopic (exact) mass is 414 g/mol. The van der Waals surface area contributed by atoms with Gasteiger partial charge in [0.25, 0.3) is 5.56 Å². The summed E-state index contributed by atoms with van der Waals surface area (Å²) in [6.45, 7) is 5.15. The van der Waals surface area contributed by atoms with E-state index in [1.807, 2.05) is 12.1 Å². The van der Waals surface area contributed by atoms with Crippen molar-refractivity contribution >= 4 is 17.2 Å². The van der Waals surface area contributed by atoms with Crippen molar-refractivity contribution < 1.29 is 9.84 Å². The molecule has 0 aliphatic carbocycles. The number of aromatic hydroxyl groups is 1. The molecule has 0 saturated carbocycles. The molecule has 4 rings (SSSR count). The van der Waals surface area contributed by atoms with Crippen molar-refractivity contribution in [3.05, 3.63) is 69.2 Å². The lowest BCUT2D eigenvalue weighted by molar-refractivity contribution is 0.121. The van der Waals surface area contributed by atoms with Crippen LogP contribution in [0.5, 0.6) is 11.5 Å². The lowest BCUT2D eigenvalue weighted by atomic mass is 10.2. The van der Waals surface area contributed by atoms with Gasteiger partial charge >= 0.3 is 0 Å². The molecule has 0 amide bonds. The van der Waals surface area contributed by atoms with E-state index in [-0.39, 0.29) is 17.0 Å². The molecule has 29 heavy (non-hydrogen) atoms. The summed E-state index contributed by atoms with van der Waals surface area (Å²) in [5.74, 6) is 0.770. The van der Waals surface area contributed by atoms with Gasteiger partial charge in [0.05, 0.1) is 17.8 Å². The molecule has 2 aromatic heterocycles. The van der Waals surface area contributed by atoms with E-state index in [0.29, 0.717) is 17.3 Å². The van der Waals surface area contributed by atoms with Crippen LogP contribution in [0.4, 0.5) is 0 Å². The van der Waals surface area contributed by atoms with Crippen molar-refractivity contribution in [2.75, 3.05) is 33.3 Å². The molecule has 8 heteroatoms. The van der Waals surface area contributed by atoms with E-state index in [1.54, 1.807) is 7.11 Å². The molecule has 1 N–H and O–H groups in total. The van der Waals surface area contributed by atoms with Gasteiger partial charge in [-0.05, 0) is 17.7 Å². The topological polar surface area (TPSA) is 70.3 Å². The molecular weight excluding hydrogens is 392 g/mol. The summed E-state index contributed by atoms with van der Waals surface area (Å²) < 4.78 is 6.48. The quantitative estimate of drug-likeness (QED) is 0.691. The van der Waals surface area contributed by atoms with Gasteiger partial charge in [-0.3, -0.25) is 19.0 Å². The molecule has 0 bridgehead atoms. The number of fused-ring (bicyclic) bond motifs is 1. The SMILES string of the molecule is COc1ccc(CN2CCN(Cc3cc(=O)n4cc(Cl)cc(O)c4n3)CC2)cc1. The first-order chi connectivity index (χ1) is 14.0. The normalized spacial score (nSPS) is 15.7. The lowest BCUT2D eigenvalue weighted by Crippen LogP contribution is -2.45. The van der Waals surface area contributed by atoms with Crippen molar-refractivity contribution in [2.45, 2.75) is 13.1 Å². The highest BCUT2D eigenvalue weighted by Gasteiger charge is 2.18. The molecular formula is C21H23ClN4O3. The predicted octanol–water partition coefficient (Wildman–Crippen LogP) is 2.38. The largest absolute Gasteiger partial charge is 0.504 e. The highest BCUT2D eigenvalue weighted by atomic mass is 35.5. The highest BCUT2D eigenvalue weighted by molar-refractivity contribution is 6.30. The molecule has 152 valence electrons. The third kappa shape index (κ3) is 4.53. The summed E-state index contributed by atoms with van der Waals surface area (Å²) in [4.78, 5) is 21.5. The number of nitrogens with zero attached hydrogens (tertiary/aromatic N) is 4. The molecule has 1 aromatic carbocycles. The van der Waals surface area contributed by atoms with Crippen LogP contribution in [0.2, 0.25) is 5.02 Å². The maximum atomic E-state index is 12.4. The molecule has 3 aromatic rings. The Bertz CT molecular complexity index is 1060. The Morgan fingerprint density at radius 3 is 2.38 bits per heavy atom. The van der Waals surface area contributed by atoms with E-state index in [0.717, 1.165) is 38.5 Å². The highest BCUT2D eigenvalue weighted by Crippen LogP contribution is 2.21. The van der Waals surface area contributed by atoms with E-state index in [9.17, 15) is 9.90 Å². The maximum absolute atomic E-state index is 12.4. The second-order valence-electron chi connectivity index (χ2n) is 7.22. The fraction of sp³-hybridized carbons (Fsp3) is 0.333. The maximum Gasteiger partial charge on any atom is 0.258 e. The zero-order valence-electron chi connectivity index (χ0n) is 16.2. The van der Waals surface area contributed by atoms with E-state index >= 15 is 0 Å². The molecule has 1 fully saturated rings. The molecule has 0 spiro atoms. The summed E-state index contributed by atoms with van der Waals surface area (Å²) in [5, 5.41) is 10.4. The summed E-state index contributed by atoms with van der Waals surface area (Å²) in [6.07, 6.45) is 1.47. The minimum absolute atomic E-state index is 0.0965. The van der Waals surface area contributed by atoms with Gasteiger partial charge < -0.3 is 9.84 Å². The number of benzene rings is 1. The molecule has 1 aliphatic heterocycles. The standard InChI is InChI=1S/C21H23ClN4O3/c1-29-18-4-2-15(3-5-18)12-24-6-8-25(9-7-24)14-17-11-20(28)26-13-16(22)10-19(27)21(26)23-17/h2-5,10-11,13,27H,6-9,12,14H2,1H3. The van der Waals surface area contributed by atoms with Crippen LogP contribution in [0.25, 0.3) is 5.65 Å². The number of pyridine rings is 1. The molecule has 7 nitrogen and oxygen atoms in total. The smallest absolute Gasteiger partial charge is 0.258 e. The van der Waals surface area contributed by atoms with Crippen LogP contribution in [-0.2, 0) is 13.1 Å². The fourth-order valence-corrected chi connectivity index (χ4v) is 3.81. The average Bonchev–Trinajstić information content (AvgIpc) is 2.71. The lowest BCUT2D eigenvalue weighted by Gasteiger charge is -2.34. The van der Waals surface area contributed by atoms with Crippen LogP contribution in [0.15, 0.2) is 47.4 Å². The van der Waals surface area contributed by atoms with Gasteiger partial charge in [-0.25, -0.2) is 4.98 Å². The minimum atomic E-state index is -0.249. The molecule has 0 atom stereocenters. The summed E-state index contributed by atoms with van der Waals surface area (Å²) in [6, 6.07) is 11.1. The van der Waals surface area contributed by atoms with Crippen LogP contribution in [0.1, 0.15) is 11.3 Å². The molecule has 3 heterocycles. The number of piperazine rings is 1. The number of ether oxygens (including phenoxy) is 1. The Kier molecular flexibility index (Phi) is 5.71. The first-order valence-electron chi connectivity index (χ1n) is 9.50. The molecule has 1 saturated heterocycles. The second-order valence-corrected chi connectivity index (χ2v) is 7.66. The third-order valence-corrected chi connectivity index (χ3v) is 5.38. The van der Waals surface area contributed by atoms with Crippen LogP contribution in [0, 0.1) is 0 Å². The van der Waals surface area contributed by atoms with Gasteiger partial charge in [0, 0.05) is 57.6 Å².